The predicted molar refractivity (Wildman–Crippen MR) is 99.7 cm³/mol. The average molecular weight is 389 g/mol. The summed E-state index contributed by atoms with van der Waals surface area (Å²) in [4.78, 5) is 35.6. The van der Waals surface area contributed by atoms with Crippen molar-refractivity contribution in [3.63, 3.8) is 0 Å². The smallest absolute Gasteiger partial charge is 0.276 e. The summed E-state index contributed by atoms with van der Waals surface area (Å²) < 4.78 is 5.30. The van der Waals surface area contributed by atoms with Crippen LogP contribution in [-0.2, 0) is 4.79 Å². The van der Waals surface area contributed by atoms with E-state index >= 15 is 0 Å². The number of likely N-dealkylation sites (tertiary alicyclic amines) is 1. The number of carbonyl (C=O) groups excluding carboxylic acids is 2. The van der Waals surface area contributed by atoms with Crippen molar-refractivity contribution in [2.24, 2.45) is 4.99 Å². The maximum Gasteiger partial charge on any atom is 0.276 e. The lowest BCUT2D eigenvalue weighted by atomic mass is 9.99. The number of carbonyl (C=O) groups is 2. The normalized spacial score (nSPS) is 18.8. The first kappa shape index (κ1) is 17.2. The first-order valence-electron chi connectivity index (χ1n) is 9.04. The van der Waals surface area contributed by atoms with Crippen molar-refractivity contribution in [1.82, 2.24) is 30.0 Å². The summed E-state index contributed by atoms with van der Waals surface area (Å²) in [6, 6.07) is 9.37. The second-order valence-electron chi connectivity index (χ2n) is 6.73. The molecule has 1 fully saturated rings. The lowest BCUT2D eigenvalue weighted by Crippen LogP contribution is -2.48. The van der Waals surface area contributed by atoms with Crippen LogP contribution in [0, 0.1) is 0 Å². The molecule has 1 atom stereocenters. The molecule has 0 N–H and O–H groups in total. The number of para-hydroxylation sites is 1. The van der Waals surface area contributed by atoms with Crippen LogP contribution in [0.1, 0.15) is 34.0 Å². The van der Waals surface area contributed by atoms with E-state index in [-0.39, 0.29) is 29.3 Å². The molecule has 1 unspecified atom stereocenters. The molecule has 144 valence electrons. The molecule has 3 aromatic rings. The summed E-state index contributed by atoms with van der Waals surface area (Å²) in [6.45, 7) is 0.872. The maximum absolute atomic E-state index is 12.6. The Balaban J connectivity index is 1.23. The van der Waals surface area contributed by atoms with Gasteiger partial charge in [-0.25, -0.2) is 4.99 Å². The Labute approximate surface area is 164 Å². The van der Waals surface area contributed by atoms with Crippen LogP contribution in [0.4, 0.5) is 0 Å². The number of nitrogens with zero attached hydrogens (tertiary/aromatic N) is 7. The highest BCUT2D eigenvalue weighted by Crippen LogP contribution is 2.28. The van der Waals surface area contributed by atoms with Crippen molar-refractivity contribution in [2.75, 3.05) is 13.1 Å². The Morgan fingerprint density at radius 3 is 2.79 bits per heavy atom. The first-order chi connectivity index (χ1) is 14.2. The van der Waals surface area contributed by atoms with Gasteiger partial charge in [-0.3, -0.25) is 9.59 Å². The Morgan fingerprint density at radius 2 is 2.00 bits per heavy atom. The zero-order chi connectivity index (χ0) is 19.8. The van der Waals surface area contributed by atoms with E-state index in [1.807, 2.05) is 30.3 Å². The zero-order valence-electron chi connectivity index (χ0n) is 15.1. The summed E-state index contributed by atoms with van der Waals surface area (Å²) in [7, 11) is 0. The topological polar surface area (TPSA) is 119 Å². The fraction of sp³-hybridized carbons (Fsp3) is 0.211. The lowest BCUT2D eigenvalue weighted by molar-refractivity contribution is -0.118. The van der Waals surface area contributed by atoms with Gasteiger partial charge in [-0.15, -0.1) is 5.10 Å². The highest BCUT2D eigenvalue weighted by Gasteiger charge is 2.37. The second-order valence-corrected chi connectivity index (χ2v) is 6.73. The van der Waals surface area contributed by atoms with Crippen LogP contribution in [0.5, 0.6) is 0 Å². The molecule has 10 heteroatoms. The van der Waals surface area contributed by atoms with E-state index in [1.54, 1.807) is 17.1 Å². The third-order valence-corrected chi connectivity index (χ3v) is 4.81. The van der Waals surface area contributed by atoms with E-state index in [1.165, 1.54) is 17.2 Å². The summed E-state index contributed by atoms with van der Waals surface area (Å²) in [5, 5.41) is 12.3. The van der Waals surface area contributed by atoms with E-state index in [4.69, 9.17) is 4.52 Å². The van der Waals surface area contributed by atoms with Gasteiger partial charge in [0.1, 0.15) is 5.92 Å². The van der Waals surface area contributed by atoms with Gasteiger partial charge in [0.25, 0.3) is 11.8 Å². The molecule has 0 aliphatic carbocycles. The average Bonchev–Trinajstić information content (AvgIpc) is 3.38. The van der Waals surface area contributed by atoms with Crippen LogP contribution in [0.15, 0.2) is 58.2 Å². The molecule has 0 radical (unpaired) electrons. The number of hydrogen-bond acceptors (Lipinski definition) is 7. The van der Waals surface area contributed by atoms with Gasteiger partial charge in [0, 0.05) is 19.3 Å². The molecule has 2 aromatic heterocycles. The fourth-order valence-corrected chi connectivity index (χ4v) is 3.19. The number of aliphatic imine (C=N–C) groups is 1. The van der Waals surface area contributed by atoms with E-state index in [0.29, 0.717) is 19.0 Å². The zero-order valence-corrected chi connectivity index (χ0v) is 15.1. The van der Waals surface area contributed by atoms with Crippen LogP contribution in [0.25, 0.3) is 5.69 Å². The van der Waals surface area contributed by atoms with Crippen LogP contribution < -0.4 is 0 Å². The van der Waals surface area contributed by atoms with Gasteiger partial charge >= 0.3 is 0 Å². The van der Waals surface area contributed by atoms with Crippen LogP contribution in [0.2, 0.25) is 0 Å². The summed E-state index contributed by atoms with van der Waals surface area (Å²) in [5.74, 6) is -0.532. The van der Waals surface area contributed by atoms with Gasteiger partial charge in [-0.05, 0) is 18.2 Å². The van der Waals surface area contributed by atoms with Crippen molar-refractivity contribution in [3.8, 4) is 5.69 Å². The summed E-state index contributed by atoms with van der Waals surface area (Å²) in [5.41, 5.74) is 1.05. The highest BCUT2D eigenvalue weighted by atomic mass is 16.5. The minimum Gasteiger partial charge on any atom is -0.339 e. The van der Waals surface area contributed by atoms with Gasteiger partial charge in [-0.2, -0.15) is 14.9 Å². The van der Waals surface area contributed by atoms with Crippen LogP contribution in [0.3, 0.4) is 0 Å². The Kier molecular flexibility index (Phi) is 4.08. The highest BCUT2D eigenvalue weighted by molar-refractivity contribution is 5.97. The third-order valence-electron chi connectivity index (χ3n) is 4.81. The predicted octanol–water partition coefficient (Wildman–Crippen LogP) is 1.14. The fourth-order valence-electron chi connectivity index (χ4n) is 3.19. The van der Waals surface area contributed by atoms with Gasteiger partial charge in [0.2, 0.25) is 5.89 Å². The number of benzene rings is 1. The minimum atomic E-state index is -0.622. The van der Waals surface area contributed by atoms with Crippen LogP contribution >= 0.6 is 0 Å². The number of dihydropyridines is 1. The maximum atomic E-state index is 12.6. The Hall–Kier alpha value is -3.95. The molecule has 1 aromatic carbocycles. The molecule has 10 nitrogen and oxygen atoms in total. The molecular formula is C19H15N7O3. The Bertz CT molecular complexity index is 1130. The Morgan fingerprint density at radius 1 is 1.17 bits per heavy atom. The second kappa shape index (κ2) is 6.89. The number of allylic oxidation sites excluding steroid dienone is 1. The number of hydrogen-bond donors (Lipinski definition) is 0. The molecule has 0 bridgehead atoms. The van der Waals surface area contributed by atoms with Crippen LogP contribution in [-0.4, -0.2) is 61.2 Å². The number of amides is 2. The largest absolute Gasteiger partial charge is 0.339 e. The first-order valence-corrected chi connectivity index (χ1v) is 9.04. The van der Waals surface area contributed by atoms with Crippen molar-refractivity contribution in [2.45, 2.75) is 11.8 Å². The van der Waals surface area contributed by atoms with Crippen molar-refractivity contribution in [1.29, 1.82) is 0 Å². The molecule has 0 spiro atoms. The minimum absolute atomic E-state index is 0.0736. The van der Waals surface area contributed by atoms with E-state index < -0.39 is 5.92 Å². The summed E-state index contributed by atoms with van der Waals surface area (Å²) in [6.07, 6.45) is 6.24. The van der Waals surface area contributed by atoms with Gasteiger partial charge < -0.3 is 9.42 Å². The quantitative estimate of drug-likeness (QED) is 0.656. The lowest BCUT2D eigenvalue weighted by Gasteiger charge is -2.36. The molecule has 2 aliphatic heterocycles. The van der Waals surface area contributed by atoms with Crippen molar-refractivity contribution in [3.05, 3.63) is 66.1 Å². The molecule has 2 amide bonds. The van der Waals surface area contributed by atoms with E-state index in [9.17, 15) is 9.59 Å². The molecule has 0 saturated carbocycles. The van der Waals surface area contributed by atoms with E-state index in [0.717, 1.165) is 5.69 Å². The monoisotopic (exact) mass is 389 g/mol. The molecule has 29 heavy (non-hydrogen) atoms. The molecule has 1 saturated heterocycles. The summed E-state index contributed by atoms with van der Waals surface area (Å²) >= 11 is 0. The van der Waals surface area contributed by atoms with Crippen molar-refractivity contribution >= 4 is 18.0 Å². The SMILES string of the molecule is O=C1N=CC=CC1c1noc(C2CN(C(=O)c3cnn(-c4ccccc4)n3)C2)n1. The van der Waals surface area contributed by atoms with Gasteiger partial charge in [-0.1, -0.05) is 29.4 Å². The molecule has 5 rings (SSSR count). The van der Waals surface area contributed by atoms with Crippen molar-refractivity contribution < 1.29 is 14.1 Å². The third kappa shape index (κ3) is 3.14. The number of rotatable bonds is 4. The molecule has 4 heterocycles. The van der Waals surface area contributed by atoms with E-state index in [2.05, 4.69) is 25.3 Å². The van der Waals surface area contributed by atoms with Gasteiger partial charge in [0.15, 0.2) is 11.5 Å². The van der Waals surface area contributed by atoms with Gasteiger partial charge in [0.05, 0.1) is 17.8 Å². The number of aromatic nitrogens is 5. The standard InChI is InChI=1S/C19H15N7O3/c27-17-14(7-4-8-20-17)16-22-18(29-24-16)12-10-25(11-12)19(28)15-9-21-26(23-15)13-5-2-1-3-6-13/h1-9,12,14H,10-11H2. The molecular weight excluding hydrogens is 374 g/mol. The molecule has 2 aliphatic rings.